The van der Waals surface area contributed by atoms with Crippen molar-refractivity contribution in [3.8, 4) is 0 Å². The molecule has 10 unspecified atom stereocenters. The van der Waals surface area contributed by atoms with Crippen LogP contribution in [0.3, 0.4) is 0 Å². The number of para-hydroxylation sites is 1. The van der Waals surface area contributed by atoms with E-state index >= 15 is 0 Å². The number of benzene rings is 1. The van der Waals surface area contributed by atoms with Crippen LogP contribution in [0.5, 0.6) is 0 Å². The minimum absolute atomic E-state index is 0.0131. The highest BCUT2D eigenvalue weighted by atomic mass is 16.6. The zero-order chi connectivity index (χ0) is 50.7. The summed E-state index contributed by atoms with van der Waals surface area (Å²) in [5.74, 6) is 0. The topological polar surface area (TPSA) is 182 Å². The summed E-state index contributed by atoms with van der Waals surface area (Å²) < 4.78 is 86.8. The number of anilines is 1. The lowest BCUT2D eigenvalue weighted by atomic mass is 10.2. The average molecular weight is 996 g/mol. The van der Waals surface area contributed by atoms with Crippen LogP contribution >= 0.6 is 0 Å². The number of hydrogen-bond donors (Lipinski definition) is 2. The molecule has 0 saturated heterocycles. The summed E-state index contributed by atoms with van der Waals surface area (Å²) in [6.45, 7) is 30.7. The predicted molar refractivity (Wildman–Crippen MR) is 266 cm³/mol. The molecule has 0 aliphatic heterocycles. The second kappa shape index (κ2) is 45.0. The molecule has 69 heavy (non-hydrogen) atoms. The minimum atomic E-state index is -0.0952. The molecule has 18 nitrogen and oxygen atoms in total. The van der Waals surface area contributed by atoms with Crippen LogP contribution in [0, 0.1) is 0 Å². The summed E-state index contributed by atoms with van der Waals surface area (Å²) >= 11 is 0. The van der Waals surface area contributed by atoms with E-state index in [2.05, 4.69) is 36.1 Å². The maximum atomic E-state index is 8.71. The van der Waals surface area contributed by atoms with E-state index in [4.69, 9.17) is 81.3 Å². The molecule has 0 spiro atoms. The van der Waals surface area contributed by atoms with Gasteiger partial charge < -0.3 is 86.2 Å². The largest absolute Gasteiger partial charge is 0.394 e. The second-order valence-corrected chi connectivity index (χ2v) is 17.6. The molecule has 408 valence electrons. The maximum absolute atomic E-state index is 8.71. The van der Waals surface area contributed by atoms with Crippen LogP contribution in [0.4, 0.5) is 5.69 Å². The van der Waals surface area contributed by atoms with Crippen LogP contribution in [-0.2, 0) is 71.1 Å². The smallest absolute Gasteiger partial charge is 0.0781 e. The van der Waals surface area contributed by atoms with Crippen LogP contribution < -0.4 is 4.90 Å². The van der Waals surface area contributed by atoms with Crippen LogP contribution in [0.2, 0.25) is 0 Å². The van der Waals surface area contributed by atoms with Gasteiger partial charge in [-0.05, 0) is 87.8 Å². The Morgan fingerprint density at radius 3 is 0.986 bits per heavy atom. The molecule has 0 aromatic heterocycles. The first-order valence-electron chi connectivity index (χ1n) is 25.4. The molecule has 1 aromatic carbocycles. The zero-order valence-electron chi connectivity index (χ0n) is 44.3. The standard InChI is InChI=1S/C51H97NO17/c1-41(62-35-45(5)66-39-49(9)68-37-47(7)64-33-43(3)60-30-28-57-26-24-55-22-19-53)16-17-52(51-14-12-11-13-15-51)18-21-59-32-42(2)63-36-46(6)67-40-50(10)69-38-48(8)65-34-44(4)61-31-29-58-27-25-56-23-20-54/h11-15,41-50,53-54H,16-40H2,1-10H3. The van der Waals surface area contributed by atoms with Gasteiger partial charge in [-0.3, -0.25) is 0 Å². The van der Waals surface area contributed by atoms with Gasteiger partial charge in [-0.15, -0.1) is 0 Å². The second-order valence-electron chi connectivity index (χ2n) is 17.6. The molecule has 0 saturated carbocycles. The van der Waals surface area contributed by atoms with E-state index in [0.29, 0.717) is 132 Å². The van der Waals surface area contributed by atoms with Crippen LogP contribution in [0.25, 0.3) is 0 Å². The van der Waals surface area contributed by atoms with E-state index < -0.39 is 0 Å². The summed E-state index contributed by atoms with van der Waals surface area (Å²) in [5, 5.41) is 17.4. The first kappa shape index (κ1) is 65.4. The normalized spacial score (nSPS) is 16.4. The first-order chi connectivity index (χ1) is 33.3. The lowest BCUT2D eigenvalue weighted by Crippen LogP contribution is -2.32. The van der Waals surface area contributed by atoms with Gasteiger partial charge in [0.05, 0.1) is 206 Å². The van der Waals surface area contributed by atoms with Crippen LogP contribution in [0.15, 0.2) is 30.3 Å². The van der Waals surface area contributed by atoms with E-state index in [0.717, 1.165) is 25.2 Å². The highest BCUT2D eigenvalue weighted by Crippen LogP contribution is 2.15. The van der Waals surface area contributed by atoms with E-state index in [1.165, 1.54) is 0 Å². The van der Waals surface area contributed by atoms with Crippen molar-refractivity contribution in [2.45, 2.75) is 137 Å². The molecule has 0 fully saturated rings. The van der Waals surface area contributed by atoms with Gasteiger partial charge in [-0.1, -0.05) is 18.2 Å². The molecule has 0 heterocycles. The van der Waals surface area contributed by atoms with Gasteiger partial charge in [-0.25, -0.2) is 0 Å². The molecule has 0 radical (unpaired) electrons. The third-order valence-corrected chi connectivity index (χ3v) is 10.2. The molecule has 0 amide bonds. The molecule has 2 N–H and O–H groups in total. The number of aliphatic hydroxyl groups is 2. The Kier molecular flexibility index (Phi) is 42.6. The molecule has 1 rings (SSSR count). The Balaban J connectivity index is 2.20. The monoisotopic (exact) mass is 996 g/mol. The third kappa shape index (κ3) is 40.5. The molecule has 0 aliphatic carbocycles. The molecule has 0 bridgehead atoms. The van der Waals surface area contributed by atoms with Crippen molar-refractivity contribution in [3.63, 3.8) is 0 Å². The van der Waals surface area contributed by atoms with E-state index in [1.54, 1.807) is 0 Å². The average Bonchev–Trinajstić information content (AvgIpc) is 3.35. The fourth-order valence-electron chi connectivity index (χ4n) is 6.07. The van der Waals surface area contributed by atoms with Gasteiger partial charge in [-0.2, -0.15) is 0 Å². The van der Waals surface area contributed by atoms with Crippen molar-refractivity contribution < 1.29 is 81.3 Å². The maximum Gasteiger partial charge on any atom is 0.0781 e. The molecule has 18 heteroatoms. The highest BCUT2D eigenvalue weighted by molar-refractivity contribution is 5.45. The third-order valence-electron chi connectivity index (χ3n) is 10.2. The molecule has 1 aromatic rings. The Morgan fingerprint density at radius 1 is 0.319 bits per heavy atom. The lowest BCUT2D eigenvalue weighted by Gasteiger charge is -2.27. The number of hydrogen-bond acceptors (Lipinski definition) is 18. The molecular formula is C51H97NO17. The Bertz CT molecular complexity index is 1230. The van der Waals surface area contributed by atoms with Gasteiger partial charge in [0.25, 0.3) is 0 Å². The van der Waals surface area contributed by atoms with Crippen LogP contribution in [-0.4, -0.2) is 230 Å². The number of ether oxygens (including phenoxy) is 15. The quantitative estimate of drug-likeness (QED) is 0.0832. The fourth-order valence-corrected chi connectivity index (χ4v) is 6.07. The zero-order valence-corrected chi connectivity index (χ0v) is 44.3. The van der Waals surface area contributed by atoms with Gasteiger partial charge in [0.1, 0.15) is 0 Å². The molecule has 0 aliphatic rings. The summed E-state index contributed by atoms with van der Waals surface area (Å²) in [6, 6.07) is 10.4. The van der Waals surface area contributed by atoms with E-state index in [9.17, 15) is 0 Å². The summed E-state index contributed by atoms with van der Waals surface area (Å²) in [4.78, 5) is 2.33. The molecular weight excluding hydrogens is 899 g/mol. The van der Waals surface area contributed by atoms with Crippen molar-refractivity contribution in [2.75, 3.05) is 163 Å². The minimum Gasteiger partial charge on any atom is -0.394 e. The van der Waals surface area contributed by atoms with Crippen molar-refractivity contribution in [3.05, 3.63) is 30.3 Å². The van der Waals surface area contributed by atoms with E-state index in [1.807, 2.05) is 68.4 Å². The lowest BCUT2D eigenvalue weighted by molar-refractivity contribution is -0.101. The van der Waals surface area contributed by atoms with Crippen molar-refractivity contribution in [1.29, 1.82) is 0 Å². The summed E-state index contributed by atoms with van der Waals surface area (Å²) in [6.07, 6.45) is 0.161. The fraction of sp³-hybridized carbons (Fsp3) is 0.882. The number of nitrogens with zero attached hydrogens (tertiary/aromatic N) is 1. The summed E-state index contributed by atoms with van der Waals surface area (Å²) in [7, 11) is 0. The van der Waals surface area contributed by atoms with Gasteiger partial charge >= 0.3 is 0 Å². The van der Waals surface area contributed by atoms with Crippen molar-refractivity contribution >= 4 is 5.69 Å². The molecule has 10 atom stereocenters. The van der Waals surface area contributed by atoms with Gasteiger partial charge in [0, 0.05) is 18.8 Å². The van der Waals surface area contributed by atoms with Crippen LogP contribution in [0.1, 0.15) is 75.7 Å². The Labute approximate surface area is 416 Å². The SMILES string of the molecule is CC(CCN(CCOCC(C)OCC(C)OCC(C)OCC(C)OCC(C)OCCOCCOCCO)c1ccccc1)OCC(C)OCC(C)OCC(C)OCC(C)OCCOCCOCCO. The van der Waals surface area contributed by atoms with E-state index in [-0.39, 0.29) is 74.3 Å². The highest BCUT2D eigenvalue weighted by Gasteiger charge is 2.16. The van der Waals surface area contributed by atoms with Crippen molar-refractivity contribution in [2.24, 2.45) is 0 Å². The Hall–Kier alpha value is -1.66. The summed E-state index contributed by atoms with van der Waals surface area (Å²) in [5.41, 5.74) is 1.15. The number of aliphatic hydroxyl groups excluding tert-OH is 2. The van der Waals surface area contributed by atoms with Gasteiger partial charge in [0.15, 0.2) is 0 Å². The Morgan fingerprint density at radius 2 is 0.623 bits per heavy atom. The van der Waals surface area contributed by atoms with Crippen molar-refractivity contribution in [1.82, 2.24) is 0 Å². The van der Waals surface area contributed by atoms with Gasteiger partial charge in [0.2, 0.25) is 0 Å². The first-order valence-corrected chi connectivity index (χ1v) is 25.4. The predicted octanol–water partition coefficient (Wildman–Crippen LogP) is 5.00. The number of rotatable bonds is 51.